The van der Waals surface area contributed by atoms with Crippen molar-refractivity contribution in [1.29, 1.82) is 0 Å². The predicted octanol–water partition coefficient (Wildman–Crippen LogP) is 2.50. The molecule has 0 unspecified atom stereocenters. The van der Waals surface area contributed by atoms with E-state index in [0.717, 1.165) is 46.4 Å². The third kappa shape index (κ3) is 3.52. The molecule has 196 valence electrons. The molecule has 9 heteroatoms. The third-order valence-electron chi connectivity index (χ3n) is 8.57. The van der Waals surface area contributed by atoms with Crippen molar-refractivity contribution >= 4 is 22.7 Å². The Hall–Kier alpha value is -4.42. The van der Waals surface area contributed by atoms with Crippen LogP contribution >= 0.6 is 0 Å². The number of fused-ring (bicyclic) bond motifs is 1. The maximum Gasteiger partial charge on any atom is 0.284 e. The molecule has 2 fully saturated rings. The molecule has 4 aromatic rings. The molecule has 2 amide bonds. The Morgan fingerprint density at radius 1 is 1.18 bits per heavy atom. The highest BCUT2D eigenvalue weighted by atomic mass is 16.3. The van der Waals surface area contributed by atoms with Gasteiger partial charge in [-0.05, 0) is 42.5 Å². The van der Waals surface area contributed by atoms with Gasteiger partial charge in [-0.25, -0.2) is 4.98 Å². The Morgan fingerprint density at radius 2 is 1.97 bits per heavy atom. The van der Waals surface area contributed by atoms with Gasteiger partial charge >= 0.3 is 0 Å². The number of likely N-dealkylation sites (N-methyl/N-ethyl adjacent to an activating group) is 1. The quantitative estimate of drug-likeness (QED) is 0.403. The zero-order chi connectivity index (χ0) is 27.1. The van der Waals surface area contributed by atoms with E-state index in [2.05, 4.69) is 17.9 Å². The molecule has 3 aliphatic carbocycles. The fraction of sp³-hybridized carbons (Fsp3) is 0.333. The summed E-state index contributed by atoms with van der Waals surface area (Å²) >= 11 is 0. The van der Waals surface area contributed by atoms with Crippen molar-refractivity contribution in [2.45, 2.75) is 43.2 Å². The highest BCUT2D eigenvalue weighted by molar-refractivity contribution is 5.92. The number of hydrogen-bond acceptors (Lipinski definition) is 5. The van der Waals surface area contributed by atoms with E-state index < -0.39 is 11.5 Å². The molecule has 0 radical (unpaired) electrons. The summed E-state index contributed by atoms with van der Waals surface area (Å²) in [5.41, 5.74) is 10.6. The molecule has 8 rings (SSSR count). The Labute approximate surface area is 225 Å². The van der Waals surface area contributed by atoms with Crippen molar-refractivity contribution in [3.8, 4) is 23.1 Å². The van der Waals surface area contributed by atoms with Gasteiger partial charge in [0.15, 0.2) is 5.82 Å². The van der Waals surface area contributed by atoms with Crippen LogP contribution in [-0.4, -0.2) is 60.3 Å². The Bertz CT molecular complexity index is 1770. The van der Waals surface area contributed by atoms with Gasteiger partial charge in [0.1, 0.15) is 0 Å². The van der Waals surface area contributed by atoms with Crippen LogP contribution in [0.5, 0.6) is 0 Å². The fourth-order valence-corrected chi connectivity index (χ4v) is 6.42. The number of aromatic nitrogens is 4. The average Bonchev–Trinajstić information content (AvgIpc) is 3.45. The SMILES string of the molecule is CN1CC[C@@](O)(C#Cc2ccc3c(c2)-c2nc(C(N)=O)n(Cc4nn(C)c5ccccc45)c2C2CC3C2)C1=O. The van der Waals surface area contributed by atoms with Crippen molar-refractivity contribution in [2.75, 3.05) is 13.6 Å². The summed E-state index contributed by atoms with van der Waals surface area (Å²) in [5, 5.41) is 16.5. The van der Waals surface area contributed by atoms with Gasteiger partial charge in [-0.1, -0.05) is 36.1 Å². The van der Waals surface area contributed by atoms with E-state index in [1.165, 1.54) is 10.5 Å². The highest BCUT2D eigenvalue weighted by Gasteiger charge is 2.43. The number of imidazole rings is 1. The maximum absolute atomic E-state index is 12.7. The Morgan fingerprint density at radius 3 is 2.72 bits per heavy atom. The van der Waals surface area contributed by atoms with Crippen LogP contribution in [-0.2, 0) is 18.4 Å². The number of amides is 2. The summed E-state index contributed by atoms with van der Waals surface area (Å²) in [7, 11) is 3.58. The lowest BCUT2D eigenvalue weighted by atomic mass is 9.71. The van der Waals surface area contributed by atoms with Crippen molar-refractivity contribution in [2.24, 2.45) is 12.8 Å². The number of para-hydroxylation sites is 1. The van der Waals surface area contributed by atoms with Gasteiger partial charge in [0.25, 0.3) is 11.8 Å². The Kier molecular flexibility index (Phi) is 5.03. The first-order chi connectivity index (χ1) is 18.7. The van der Waals surface area contributed by atoms with Gasteiger partial charge in [-0.2, -0.15) is 5.10 Å². The number of benzene rings is 2. The first-order valence-electron chi connectivity index (χ1n) is 13.2. The second-order valence-electron chi connectivity index (χ2n) is 11.0. The predicted molar refractivity (Wildman–Crippen MR) is 145 cm³/mol. The van der Waals surface area contributed by atoms with E-state index in [-0.39, 0.29) is 24.1 Å². The van der Waals surface area contributed by atoms with Gasteiger partial charge in [0, 0.05) is 55.2 Å². The number of primary amides is 1. The number of hydrogen-bond donors (Lipinski definition) is 2. The number of aliphatic hydroxyl groups is 1. The molecular weight excluding hydrogens is 492 g/mol. The first-order valence-corrected chi connectivity index (χ1v) is 13.2. The van der Waals surface area contributed by atoms with Crippen molar-refractivity contribution in [3.05, 3.63) is 70.8 Å². The van der Waals surface area contributed by atoms with Crippen LogP contribution in [0.1, 0.15) is 64.2 Å². The van der Waals surface area contributed by atoms with Gasteiger partial charge in [-0.3, -0.25) is 14.3 Å². The minimum Gasteiger partial charge on any atom is -0.369 e. The van der Waals surface area contributed by atoms with Crippen LogP contribution < -0.4 is 5.73 Å². The smallest absolute Gasteiger partial charge is 0.284 e. The first kappa shape index (κ1) is 23.7. The summed E-state index contributed by atoms with van der Waals surface area (Å²) in [6.07, 6.45) is 2.22. The number of nitrogens with two attached hydrogens (primary N) is 1. The molecule has 1 saturated heterocycles. The monoisotopic (exact) mass is 520 g/mol. The van der Waals surface area contributed by atoms with Crippen LogP contribution in [0.2, 0.25) is 0 Å². The lowest BCUT2D eigenvalue weighted by Gasteiger charge is -2.34. The highest BCUT2D eigenvalue weighted by Crippen LogP contribution is 2.55. The maximum atomic E-state index is 12.7. The summed E-state index contributed by atoms with van der Waals surface area (Å²) in [4.78, 5) is 31.4. The summed E-state index contributed by atoms with van der Waals surface area (Å²) in [6, 6.07) is 14.0. The number of carbonyl (C=O) groups excluding carboxylic acids is 2. The lowest BCUT2D eigenvalue weighted by Crippen LogP contribution is -2.37. The second kappa shape index (κ2) is 8.29. The normalized spacial score (nSPS) is 23.1. The van der Waals surface area contributed by atoms with Gasteiger partial charge in [0.05, 0.1) is 23.4 Å². The standard InChI is InChI=1S/C30H28N6O3/c1-34-12-11-30(39,29(34)38)10-9-17-7-8-20-18-14-19(15-18)26-25(22(20)13-17)32-28(27(31)37)36(26)16-23-21-5-3-4-6-24(21)35(2)33-23/h3-8,13,18-19,39H,11-12,14-16H2,1-2H3,(H2,31,37)/t18?,19?,30-/m0/s1. The third-order valence-corrected chi connectivity index (χ3v) is 8.57. The van der Waals surface area contributed by atoms with E-state index in [4.69, 9.17) is 15.8 Å². The summed E-state index contributed by atoms with van der Waals surface area (Å²) in [6.45, 7) is 0.861. The number of aryl methyl sites for hydroxylation is 1. The molecule has 1 aliphatic heterocycles. The number of nitrogens with zero attached hydrogens (tertiary/aromatic N) is 5. The van der Waals surface area contributed by atoms with Crippen LogP contribution in [0.25, 0.3) is 22.2 Å². The molecule has 3 N–H and O–H groups in total. The van der Waals surface area contributed by atoms with Crippen molar-refractivity contribution in [1.82, 2.24) is 24.2 Å². The number of rotatable bonds is 3. The minimum absolute atomic E-state index is 0.219. The fourth-order valence-electron chi connectivity index (χ4n) is 6.42. The molecule has 2 aromatic carbocycles. The molecule has 2 aromatic heterocycles. The lowest BCUT2D eigenvalue weighted by molar-refractivity contribution is -0.137. The average molecular weight is 521 g/mol. The van der Waals surface area contributed by atoms with Gasteiger partial charge in [-0.15, -0.1) is 0 Å². The van der Waals surface area contributed by atoms with E-state index in [9.17, 15) is 14.7 Å². The largest absolute Gasteiger partial charge is 0.369 e. The van der Waals surface area contributed by atoms with Gasteiger partial charge < -0.3 is 20.3 Å². The van der Waals surface area contributed by atoms with Crippen LogP contribution in [0.15, 0.2) is 42.5 Å². The minimum atomic E-state index is -1.67. The van der Waals surface area contributed by atoms with E-state index >= 15 is 0 Å². The molecule has 1 saturated carbocycles. The van der Waals surface area contributed by atoms with Crippen molar-refractivity contribution < 1.29 is 14.7 Å². The Balaban J connectivity index is 1.35. The summed E-state index contributed by atoms with van der Waals surface area (Å²) < 4.78 is 3.81. The zero-order valence-corrected chi connectivity index (χ0v) is 21.8. The van der Waals surface area contributed by atoms with Crippen LogP contribution in [0, 0.1) is 11.8 Å². The number of carbonyl (C=O) groups is 2. The molecule has 9 nitrogen and oxygen atoms in total. The molecule has 3 heterocycles. The van der Waals surface area contributed by atoms with Crippen molar-refractivity contribution in [3.63, 3.8) is 0 Å². The van der Waals surface area contributed by atoms with Crippen LogP contribution in [0.3, 0.4) is 0 Å². The van der Waals surface area contributed by atoms with E-state index in [1.54, 1.807) is 7.05 Å². The number of likely N-dealkylation sites (tertiary alicyclic amines) is 1. The van der Waals surface area contributed by atoms with Crippen LogP contribution in [0.4, 0.5) is 0 Å². The molecular formula is C30H28N6O3. The molecule has 1 atom stereocenters. The van der Waals surface area contributed by atoms with Gasteiger partial charge in [0.2, 0.25) is 5.60 Å². The second-order valence-corrected chi connectivity index (χ2v) is 11.0. The molecule has 0 spiro atoms. The molecule has 2 bridgehead atoms. The topological polar surface area (TPSA) is 119 Å². The van der Waals surface area contributed by atoms with E-state index in [1.807, 2.05) is 52.7 Å². The zero-order valence-electron chi connectivity index (χ0n) is 21.8. The van der Waals surface area contributed by atoms with E-state index in [0.29, 0.717) is 24.6 Å². The molecule has 39 heavy (non-hydrogen) atoms. The molecule has 4 aliphatic rings. The summed E-state index contributed by atoms with van der Waals surface area (Å²) in [5.74, 6) is 5.76.